The van der Waals surface area contributed by atoms with Crippen molar-refractivity contribution >= 4 is 23.5 Å². The number of aromatic nitrogens is 2. The number of ether oxygens (including phenoxy) is 1. The van der Waals surface area contributed by atoms with E-state index in [1.54, 1.807) is 35.9 Å². The number of nitrogens with two attached hydrogens (primary N) is 1. The number of hydrogen-bond donors (Lipinski definition) is 3. The molecule has 1 aromatic heterocycles. The molecule has 1 aliphatic heterocycles. The lowest BCUT2D eigenvalue weighted by Gasteiger charge is -2.35. The molecule has 4 rings (SSSR count). The van der Waals surface area contributed by atoms with Gasteiger partial charge in [-0.3, -0.25) is 14.4 Å². The molecule has 1 saturated heterocycles. The largest absolute Gasteiger partial charge is 0.497 e. The molecule has 2 fully saturated rings. The van der Waals surface area contributed by atoms with Gasteiger partial charge in [-0.2, -0.15) is 5.10 Å². The van der Waals surface area contributed by atoms with Gasteiger partial charge in [-0.25, -0.2) is 4.68 Å². The normalized spacial score (nSPS) is 20.0. The summed E-state index contributed by atoms with van der Waals surface area (Å²) in [6.07, 6.45) is 7.83. The van der Waals surface area contributed by atoms with Gasteiger partial charge in [0.2, 0.25) is 17.7 Å². The molecule has 10 nitrogen and oxygen atoms in total. The van der Waals surface area contributed by atoms with Crippen LogP contribution in [0.25, 0.3) is 5.69 Å². The fourth-order valence-electron chi connectivity index (χ4n) is 5.17. The van der Waals surface area contributed by atoms with E-state index >= 15 is 0 Å². The van der Waals surface area contributed by atoms with Crippen molar-refractivity contribution in [1.82, 2.24) is 20.0 Å². The maximum atomic E-state index is 13.7. The summed E-state index contributed by atoms with van der Waals surface area (Å²) in [5.41, 5.74) is 6.52. The number of rotatable bonds is 8. The Bertz CT molecular complexity index is 1080. The van der Waals surface area contributed by atoms with Gasteiger partial charge < -0.3 is 26.0 Å². The van der Waals surface area contributed by atoms with Gasteiger partial charge in [0.15, 0.2) is 0 Å². The average Bonchev–Trinajstić information content (AvgIpc) is 3.57. The minimum Gasteiger partial charge on any atom is -0.497 e. The quantitative estimate of drug-likeness (QED) is 0.514. The van der Waals surface area contributed by atoms with Crippen LogP contribution in [-0.4, -0.2) is 64.2 Å². The Balaban J connectivity index is 1.51. The summed E-state index contributed by atoms with van der Waals surface area (Å²) < 4.78 is 6.92. The Morgan fingerprint density at radius 2 is 1.89 bits per heavy atom. The molecule has 2 aromatic rings. The maximum absolute atomic E-state index is 13.7. The molecule has 0 spiro atoms. The van der Waals surface area contributed by atoms with Crippen LogP contribution in [0.15, 0.2) is 36.5 Å². The van der Waals surface area contributed by atoms with Crippen LogP contribution in [0.5, 0.6) is 5.75 Å². The highest BCUT2D eigenvalue weighted by Crippen LogP contribution is 2.30. The van der Waals surface area contributed by atoms with E-state index in [0.717, 1.165) is 44.2 Å². The van der Waals surface area contributed by atoms with Crippen molar-refractivity contribution in [3.05, 3.63) is 36.5 Å². The maximum Gasteiger partial charge on any atom is 0.248 e. The topological polar surface area (TPSA) is 132 Å². The Labute approximate surface area is 211 Å². The first kappa shape index (κ1) is 25.7. The molecule has 2 aliphatic rings. The smallest absolute Gasteiger partial charge is 0.248 e. The van der Waals surface area contributed by atoms with Crippen LogP contribution in [0, 0.1) is 5.92 Å². The van der Waals surface area contributed by atoms with Crippen LogP contribution in [0.4, 0.5) is 5.82 Å². The molecule has 36 heavy (non-hydrogen) atoms. The summed E-state index contributed by atoms with van der Waals surface area (Å²) >= 11 is 0. The van der Waals surface area contributed by atoms with Crippen molar-refractivity contribution in [3.63, 3.8) is 0 Å². The van der Waals surface area contributed by atoms with Crippen molar-refractivity contribution in [2.45, 2.75) is 70.0 Å². The summed E-state index contributed by atoms with van der Waals surface area (Å²) in [5.74, 6) is 0.410. The fourth-order valence-corrected chi connectivity index (χ4v) is 5.17. The molecule has 1 aromatic carbocycles. The predicted octanol–water partition coefficient (Wildman–Crippen LogP) is 2.22. The molecule has 10 heteroatoms. The van der Waals surface area contributed by atoms with Gasteiger partial charge in [-0.1, -0.05) is 25.3 Å². The average molecular weight is 497 g/mol. The summed E-state index contributed by atoms with van der Waals surface area (Å²) in [6, 6.07) is 7.09. The number of hydrogen-bond acceptors (Lipinski definition) is 6. The number of methoxy groups -OCH3 is 1. The Morgan fingerprint density at radius 3 is 2.61 bits per heavy atom. The van der Waals surface area contributed by atoms with Crippen molar-refractivity contribution < 1.29 is 19.1 Å². The summed E-state index contributed by atoms with van der Waals surface area (Å²) in [7, 11) is 1.59. The van der Waals surface area contributed by atoms with E-state index in [2.05, 4.69) is 15.7 Å². The zero-order chi connectivity index (χ0) is 25.7. The van der Waals surface area contributed by atoms with Crippen LogP contribution >= 0.6 is 0 Å². The van der Waals surface area contributed by atoms with Gasteiger partial charge in [0.1, 0.15) is 23.7 Å². The molecule has 3 atom stereocenters. The minimum absolute atomic E-state index is 0.0488. The summed E-state index contributed by atoms with van der Waals surface area (Å²) in [4.78, 5) is 41.2. The standard InChI is InChI=1S/C26H36N6O4/c1-17(27)24(33)30-23(18-8-4-3-5-9-18)26(35)31-15-7-12-21(31)25(34)29-22-13-14-28-32(22)19-10-6-11-20(16-19)36-2/h6,10-11,13-14,16-18,21,23H,3-5,7-9,12,15,27H2,1-2H3,(H,29,34)(H,30,33)/t17-,21-,23-/m0/s1. The number of nitrogens with one attached hydrogen (secondary N) is 2. The van der Waals surface area contributed by atoms with Crippen LogP contribution in [0.3, 0.4) is 0 Å². The van der Waals surface area contributed by atoms with Crippen LogP contribution in [0.1, 0.15) is 51.9 Å². The second kappa shape index (κ2) is 11.6. The predicted molar refractivity (Wildman–Crippen MR) is 136 cm³/mol. The van der Waals surface area contributed by atoms with Crippen molar-refractivity contribution in [2.75, 3.05) is 19.0 Å². The molecular formula is C26H36N6O4. The molecule has 4 N–H and O–H groups in total. The van der Waals surface area contributed by atoms with E-state index in [0.29, 0.717) is 24.5 Å². The SMILES string of the molecule is COc1cccc(-n2nccc2NC(=O)[C@@H]2CCCN2C(=O)[C@@H](NC(=O)[C@H](C)N)C2CCCCC2)c1. The number of likely N-dealkylation sites (tertiary alicyclic amines) is 1. The second-order valence-electron chi connectivity index (χ2n) is 9.68. The third kappa shape index (κ3) is 5.70. The molecule has 0 bridgehead atoms. The fraction of sp³-hybridized carbons (Fsp3) is 0.538. The zero-order valence-electron chi connectivity index (χ0n) is 21.0. The molecule has 3 amide bonds. The van der Waals surface area contributed by atoms with Gasteiger partial charge >= 0.3 is 0 Å². The molecule has 2 heterocycles. The van der Waals surface area contributed by atoms with E-state index in [-0.39, 0.29) is 23.6 Å². The Morgan fingerprint density at radius 1 is 1.11 bits per heavy atom. The second-order valence-corrected chi connectivity index (χ2v) is 9.68. The third-order valence-electron chi connectivity index (χ3n) is 7.13. The summed E-state index contributed by atoms with van der Waals surface area (Å²) in [5, 5.41) is 10.2. The van der Waals surface area contributed by atoms with E-state index in [9.17, 15) is 14.4 Å². The first-order chi connectivity index (χ1) is 17.4. The van der Waals surface area contributed by atoms with E-state index < -0.39 is 18.1 Å². The van der Waals surface area contributed by atoms with Gasteiger partial charge in [0.25, 0.3) is 0 Å². The van der Waals surface area contributed by atoms with E-state index in [1.807, 2.05) is 24.3 Å². The highest BCUT2D eigenvalue weighted by atomic mass is 16.5. The highest BCUT2D eigenvalue weighted by molar-refractivity contribution is 5.98. The van der Waals surface area contributed by atoms with Crippen molar-refractivity contribution in [3.8, 4) is 11.4 Å². The summed E-state index contributed by atoms with van der Waals surface area (Å²) in [6.45, 7) is 2.08. The Hall–Kier alpha value is -3.40. The van der Waals surface area contributed by atoms with Gasteiger partial charge in [0.05, 0.1) is 25.0 Å². The number of carbonyl (C=O) groups excluding carboxylic acids is 3. The molecular weight excluding hydrogens is 460 g/mol. The zero-order valence-corrected chi connectivity index (χ0v) is 21.0. The molecule has 0 unspecified atom stereocenters. The van der Waals surface area contributed by atoms with Gasteiger partial charge in [-0.05, 0) is 50.7 Å². The number of carbonyl (C=O) groups is 3. The van der Waals surface area contributed by atoms with Crippen LogP contribution < -0.4 is 21.1 Å². The first-order valence-electron chi connectivity index (χ1n) is 12.7. The number of amides is 3. The highest BCUT2D eigenvalue weighted by Gasteiger charge is 2.41. The molecule has 194 valence electrons. The van der Waals surface area contributed by atoms with Crippen molar-refractivity contribution in [2.24, 2.45) is 11.7 Å². The molecule has 0 radical (unpaired) electrons. The van der Waals surface area contributed by atoms with Gasteiger partial charge in [0, 0.05) is 18.7 Å². The van der Waals surface area contributed by atoms with Gasteiger partial charge in [-0.15, -0.1) is 0 Å². The number of anilines is 1. The first-order valence-corrected chi connectivity index (χ1v) is 12.7. The van der Waals surface area contributed by atoms with Crippen molar-refractivity contribution in [1.29, 1.82) is 0 Å². The molecule has 1 saturated carbocycles. The Kier molecular flexibility index (Phi) is 8.25. The minimum atomic E-state index is -0.710. The lowest BCUT2D eigenvalue weighted by molar-refractivity contribution is -0.142. The number of benzene rings is 1. The monoisotopic (exact) mass is 496 g/mol. The lowest BCUT2D eigenvalue weighted by atomic mass is 9.83. The lowest BCUT2D eigenvalue weighted by Crippen LogP contribution is -2.57. The molecule has 1 aliphatic carbocycles. The van der Waals surface area contributed by atoms with E-state index in [4.69, 9.17) is 10.5 Å². The van der Waals surface area contributed by atoms with E-state index in [1.165, 1.54) is 0 Å². The van der Waals surface area contributed by atoms with Crippen LogP contribution in [-0.2, 0) is 14.4 Å². The van der Waals surface area contributed by atoms with Crippen LogP contribution in [0.2, 0.25) is 0 Å². The third-order valence-corrected chi connectivity index (χ3v) is 7.13. The number of nitrogens with zero attached hydrogens (tertiary/aromatic N) is 3.